The molecule has 5 rings (SSSR count). The predicted molar refractivity (Wildman–Crippen MR) is 128 cm³/mol. The zero-order chi connectivity index (χ0) is 22.4. The minimum atomic E-state index is -0.363. The summed E-state index contributed by atoms with van der Waals surface area (Å²) in [5, 5.41) is 9.00. The van der Waals surface area contributed by atoms with Gasteiger partial charge in [0.2, 0.25) is 0 Å². The molecule has 1 amide bonds. The molecule has 0 radical (unpaired) electrons. The van der Waals surface area contributed by atoms with Crippen LogP contribution in [0.3, 0.4) is 0 Å². The topological polar surface area (TPSA) is 49.0 Å². The molecule has 0 saturated heterocycles. The molecule has 160 valence electrons. The van der Waals surface area contributed by atoms with E-state index in [0.717, 1.165) is 22.3 Å². The van der Waals surface area contributed by atoms with Gasteiger partial charge in [0.1, 0.15) is 5.69 Å². The van der Waals surface area contributed by atoms with Crippen LogP contribution in [0.25, 0.3) is 11.3 Å². The van der Waals surface area contributed by atoms with Crippen molar-refractivity contribution in [3.63, 3.8) is 0 Å². The Morgan fingerprint density at radius 3 is 2.34 bits per heavy atom. The van der Waals surface area contributed by atoms with Crippen molar-refractivity contribution in [1.82, 2.24) is 15.1 Å². The van der Waals surface area contributed by atoms with Gasteiger partial charge < -0.3 is 4.90 Å². The summed E-state index contributed by atoms with van der Waals surface area (Å²) in [6, 6.07) is 20.7. The number of rotatable bonds is 4. The molecule has 1 N–H and O–H groups in total. The molecule has 7 heteroatoms. The van der Waals surface area contributed by atoms with E-state index in [2.05, 4.69) is 10.2 Å². The van der Waals surface area contributed by atoms with Crippen LogP contribution in [-0.4, -0.2) is 21.0 Å². The van der Waals surface area contributed by atoms with E-state index < -0.39 is 0 Å². The van der Waals surface area contributed by atoms with Crippen molar-refractivity contribution in [2.24, 2.45) is 0 Å². The van der Waals surface area contributed by atoms with Gasteiger partial charge in [0.05, 0.1) is 21.8 Å². The molecule has 0 saturated carbocycles. The molecule has 0 fully saturated rings. The largest absolute Gasteiger partial charge is 0.322 e. The van der Waals surface area contributed by atoms with E-state index in [1.165, 1.54) is 5.56 Å². The number of aromatic amines is 1. The highest BCUT2D eigenvalue weighted by molar-refractivity contribution is 6.42. The quantitative estimate of drug-likeness (QED) is 0.337. The van der Waals surface area contributed by atoms with E-state index in [-0.39, 0.29) is 11.9 Å². The summed E-state index contributed by atoms with van der Waals surface area (Å²) >= 11 is 18.6. The fraction of sp³-hybridized carbons (Fsp3) is 0.120. The van der Waals surface area contributed by atoms with Crippen molar-refractivity contribution in [2.75, 3.05) is 0 Å². The molecule has 0 bridgehead atoms. The van der Waals surface area contributed by atoms with E-state index in [1.807, 2.05) is 72.5 Å². The Kier molecular flexibility index (Phi) is 5.46. The number of halogens is 3. The van der Waals surface area contributed by atoms with Gasteiger partial charge in [-0.25, -0.2) is 0 Å². The maximum absolute atomic E-state index is 13.5. The summed E-state index contributed by atoms with van der Waals surface area (Å²) in [5.74, 6) is -0.107. The van der Waals surface area contributed by atoms with Crippen molar-refractivity contribution in [2.45, 2.75) is 19.5 Å². The van der Waals surface area contributed by atoms with E-state index in [0.29, 0.717) is 33.0 Å². The Morgan fingerprint density at radius 1 is 0.938 bits per heavy atom. The summed E-state index contributed by atoms with van der Waals surface area (Å²) in [6.45, 7) is 2.49. The third kappa shape index (κ3) is 3.69. The highest BCUT2D eigenvalue weighted by atomic mass is 35.5. The number of nitrogens with one attached hydrogen (secondary N) is 1. The molecule has 2 heterocycles. The lowest BCUT2D eigenvalue weighted by Gasteiger charge is -2.27. The first kappa shape index (κ1) is 21.1. The molecule has 32 heavy (non-hydrogen) atoms. The van der Waals surface area contributed by atoms with Crippen molar-refractivity contribution >= 4 is 40.7 Å². The zero-order valence-electron chi connectivity index (χ0n) is 17.1. The minimum Gasteiger partial charge on any atom is -0.322 e. The van der Waals surface area contributed by atoms with Crippen LogP contribution in [0.1, 0.15) is 38.8 Å². The second-order valence-corrected chi connectivity index (χ2v) is 9.11. The Morgan fingerprint density at radius 2 is 1.66 bits per heavy atom. The van der Waals surface area contributed by atoms with Crippen LogP contribution in [0, 0.1) is 6.92 Å². The third-order valence-corrected chi connectivity index (χ3v) is 6.71. The van der Waals surface area contributed by atoms with Crippen LogP contribution in [0.15, 0.2) is 66.7 Å². The molecule has 1 aromatic heterocycles. The SMILES string of the molecule is Cc1ccc(CN2C(=O)c3[nH]nc(-c4ccc(Cl)cc4)c3C2c2ccc(Cl)c(Cl)c2)cc1. The van der Waals surface area contributed by atoms with Crippen molar-refractivity contribution < 1.29 is 4.79 Å². The molecule has 0 spiro atoms. The van der Waals surface area contributed by atoms with Gasteiger partial charge in [0, 0.05) is 22.7 Å². The standard InChI is InChI=1S/C25H18Cl3N3O/c1-14-2-4-15(5-3-14)13-31-24(17-8-11-19(27)20(28)12-17)21-22(29-30-23(21)25(31)32)16-6-9-18(26)10-7-16/h2-12,24H,13H2,1H3,(H,29,30). The average molecular weight is 483 g/mol. The third-order valence-electron chi connectivity index (χ3n) is 5.71. The number of nitrogens with zero attached hydrogens (tertiary/aromatic N) is 2. The number of hydrogen-bond donors (Lipinski definition) is 1. The first-order valence-corrected chi connectivity index (χ1v) is 11.2. The minimum absolute atomic E-state index is 0.107. The molecule has 4 nitrogen and oxygen atoms in total. The molecule has 1 unspecified atom stereocenters. The fourth-order valence-corrected chi connectivity index (χ4v) is 4.54. The van der Waals surface area contributed by atoms with Crippen molar-refractivity contribution in [3.8, 4) is 11.3 Å². The van der Waals surface area contributed by atoms with Crippen LogP contribution in [0.2, 0.25) is 15.1 Å². The molecule has 1 aliphatic rings. The van der Waals surface area contributed by atoms with Crippen LogP contribution in [0.5, 0.6) is 0 Å². The van der Waals surface area contributed by atoms with Gasteiger partial charge in [0.25, 0.3) is 5.91 Å². The van der Waals surface area contributed by atoms with Gasteiger partial charge in [-0.3, -0.25) is 9.89 Å². The Bertz CT molecular complexity index is 1310. The molecule has 4 aromatic rings. The number of aromatic nitrogens is 2. The molecule has 1 atom stereocenters. The number of benzene rings is 3. The Balaban J connectivity index is 1.65. The van der Waals surface area contributed by atoms with Crippen LogP contribution in [-0.2, 0) is 6.54 Å². The second kappa shape index (κ2) is 8.28. The zero-order valence-corrected chi connectivity index (χ0v) is 19.3. The van der Waals surface area contributed by atoms with Crippen molar-refractivity contribution in [3.05, 3.63) is 110 Å². The van der Waals surface area contributed by atoms with Crippen LogP contribution < -0.4 is 0 Å². The van der Waals surface area contributed by atoms with Crippen LogP contribution >= 0.6 is 34.8 Å². The van der Waals surface area contributed by atoms with E-state index in [1.54, 1.807) is 6.07 Å². The van der Waals surface area contributed by atoms with Gasteiger partial charge >= 0.3 is 0 Å². The molecular weight excluding hydrogens is 465 g/mol. The van der Waals surface area contributed by atoms with Crippen molar-refractivity contribution in [1.29, 1.82) is 0 Å². The maximum atomic E-state index is 13.5. The first-order chi connectivity index (χ1) is 15.4. The average Bonchev–Trinajstić information content (AvgIpc) is 3.32. The number of hydrogen-bond acceptors (Lipinski definition) is 2. The van der Waals surface area contributed by atoms with Gasteiger partial charge in [0.15, 0.2) is 0 Å². The van der Waals surface area contributed by atoms with Crippen LogP contribution in [0.4, 0.5) is 0 Å². The lowest BCUT2D eigenvalue weighted by Crippen LogP contribution is -2.29. The summed E-state index contributed by atoms with van der Waals surface area (Å²) < 4.78 is 0. The van der Waals surface area contributed by atoms with Gasteiger partial charge in [-0.15, -0.1) is 0 Å². The predicted octanol–water partition coefficient (Wildman–Crippen LogP) is 7.09. The number of carbonyl (C=O) groups is 1. The summed E-state index contributed by atoms with van der Waals surface area (Å²) in [7, 11) is 0. The Labute approximate surface area is 200 Å². The monoisotopic (exact) mass is 481 g/mol. The molecule has 0 aliphatic carbocycles. The molecular formula is C25H18Cl3N3O. The second-order valence-electron chi connectivity index (χ2n) is 7.86. The number of fused-ring (bicyclic) bond motifs is 1. The highest BCUT2D eigenvalue weighted by Crippen LogP contribution is 2.44. The van der Waals surface area contributed by atoms with Gasteiger partial charge in [-0.2, -0.15) is 5.10 Å². The summed E-state index contributed by atoms with van der Waals surface area (Å²) in [6.07, 6.45) is 0. The summed E-state index contributed by atoms with van der Waals surface area (Å²) in [5.41, 5.74) is 5.98. The lowest BCUT2D eigenvalue weighted by molar-refractivity contribution is 0.0730. The summed E-state index contributed by atoms with van der Waals surface area (Å²) in [4.78, 5) is 15.3. The fourth-order valence-electron chi connectivity index (χ4n) is 4.11. The maximum Gasteiger partial charge on any atom is 0.273 e. The smallest absolute Gasteiger partial charge is 0.273 e. The highest BCUT2D eigenvalue weighted by Gasteiger charge is 2.42. The van der Waals surface area contributed by atoms with E-state index in [4.69, 9.17) is 34.8 Å². The molecule has 1 aliphatic heterocycles. The van der Waals surface area contributed by atoms with E-state index >= 15 is 0 Å². The lowest BCUT2D eigenvalue weighted by atomic mass is 9.96. The normalized spacial score (nSPS) is 15.3. The number of H-pyrrole nitrogens is 1. The Hall–Kier alpha value is -2.79. The van der Waals surface area contributed by atoms with E-state index in [9.17, 15) is 4.79 Å². The first-order valence-electron chi connectivity index (χ1n) is 10.1. The van der Waals surface area contributed by atoms with Gasteiger partial charge in [-0.1, -0.05) is 82.8 Å². The molecule has 3 aromatic carbocycles. The number of amides is 1. The van der Waals surface area contributed by atoms with Gasteiger partial charge in [-0.05, 0) is 42.3 Å². The number of carbonyl (C=O) groups excluding carboxylic acids is 1. The number of aryl methyl sites for hydroxylation is 1.